The molecule has 2 unspecified atom stereocenters. The number of hydrogen-bond acceptors (Lipinski definition) is 5. The first-order valence-corrected chi connectivity index (χ1v) is 12.6. The van der Waals surface area contributed by atoms with Crippen molar-refractivity contribution >= 4 is 5.78 Å². The van der Waals surface area contributed by atoms with E-state index in [2.05, 4.69) is 25.6 Å². The second-order valence-electron chi connectivity index (χ2n) is 10.7. The molecule has 1 aliphatic heterocycles. The SMILES string of the molecule is C=C(CCO)[C@]1(O)CCC2C3CCC4=CC(=O)CCC4=C3[C@@H](c3ccc(OC)cc3)OC[C@@]21C. The van der Waals surface area contributed by atoms with Crippen molar-refractivity contribution in [1.29, 1.82) is 0 Å². The number of benzene rings is 1. The van der Waals surface area contributed by atoms with E-state index in [0.29, 0.717) is 31.4 Å². The number of carbonyl (C=O) groups excluding carboxylic acids is 1. The van der Waals surface area contributed by atoms with E-state index in [1.165, 1.54) is 16.7 Å². The number of aliphatic hydroxyl groups excluding tert-OH is 1. The second-order valence-corrected chi connectivity index (χ2v) is 10.7. The lowest BCUT2D eigenvalue weighted by molar-refractivity contribution is -0.114. The lowest BCUT2D eigenvalue weighted by Gasteiger charge is -2.45. The molecular formula is C29H36O5. The van der Waals surface area contributed by atoms with Gasteiger partial charge in [0, 0.05) is 18.4 Å². The van der Waals surface area contributed by atoms with E-state index in [4.69, 9.17) is 9.47 Å². The molecule has 182 valence electrons. The lowest BCUT2D eigenvalue weighted by Crippen LogP contribution is -2.50. The van der Waals surface area contributed by atoms with Gasteiger partial charge in [-0.15, -0.1) is 0 Å². The zero-order valence-electron chi connectivity index (χ0n) is 20.3. The zero-order chi connectivity index (χ0) is 24.1. The van der Waals surface area contributed by atoms with Crippen LogP contribution in [-0.4, -0.2) is 41.9 Å². The molecule has 1 aromatic carbocycles. The van der Waals surface area contributed by atoms with Gasteiger partial charge in [-0.05, 0) is 96.4 Å². The molecule has 4 aliphatic rings. The highest BCUT2D eigenvalue weighted by atomic mass is 16.5. The Kier molecular flexibility index (Phi) is 6.07. The molecule has 1 aromatic rings. The van der Waals surface area contributed by atoms with E-state index in [-0.39, 0.29) is 30.3 Å². The monoisotopic (exact) mass is 464 g/mol. The normalized spacial score (nSPS) is 35.1. The molecule has 0 amide bonds. The maximum atomic E-state index is 12.2. The van der Waals surface area contributed by atoms with Crippen LogP contribution in [-0.2, 0) is 9.53 Å². The number of carbonyl (C=O) groups is 1. The summed E-state index contributed by atoms with van der Waals surface area (Å²) in [6, 6.07) is 8.08. The molecule has 2 N–H and O–H groups in total. The second kappa shape index (κ2) is 8.78. The lowest BCUT2D eigenvalue weighted by atomic mass is 9.60. The van der Waals surface area contributed by atoms with Crippen molar-refractivity contribution in [3.63, 3.8) is 0 Å². The highest BCUT2D eigenvalue weighted by Crippen LogP contribution is 2.63. The first-order chi connectivity index (χ1) is 16.3. The summed E-state index contributed by atoms with van der Waals surface area (Å²) in [5.74, 6) is 1.54. The predicted molar refractivity (Wildman–Crippen MR) is 130 cm³/mol. The molecule has 5 rings (SSSR count). The van der Waals surface area contributed by atoms with Crippen molar-refractivity contribution < 1.29 is 24.5 Å². The molecule has 0 bridgehead atoms. The zero-order valence-corrected chi connectivity index (χ0v) is 20.3. The molecule has 1 saturated heterocycles. The third-order valence-corrected chi connectivity index (χ3v) is 9.13. The molecule has 5 heteroatoms. The first-order valence-electron chi connectivity index (χ1n) is 12.6. The number of fused-ring (bicyclic) bond motifs is 4. The summed E-state index contributed by atoms with van der Waals surface area (Å²) in [6.07, 6.45) is 6.73. The van der Waals surface area contributed by atoms with Gasteiger partial charge in [-0.2, -0.15) is 0 Å². The number of ketones is 1. The summed E-state index contributed by atoms with van der Waals surface area (Å²) >= 11 is 0. The number of methoxy groups -OCH3 is 1. The molecule has 1 saturated carbocycles. The van der Waals surface area contributed by atoms with E-state index in [1.807, 2.05) is 18.2 Å². The third kappa shape index (κ3) is 3.52. The minimum atomic E-state index is -1.07. The van der Waals surface area contributed by atoms with Crippen molar-refractivity contribution in [1.82, 2.24) is 0 Å². The third-order valence-electron chi connectivity index (χ3n) is 9.13. The summed E-state index contributed by atoms with van der Waals surface area (Å²) in [6.45, 7) is 6.76. The fourth-order valence-electron chi connectivity index (χ4n) is 7.25. The van der Waals surface area contributed by atoms with Crippen LogP contribution in [0.4, 0.5) is 0 Å². The van der Waals surface area contributed by atoms with E-state index < -0.39 is 11.0 Å². The van der Waals surface area contributed by atoms with Crippen LogP contribution in [0.15, 0.2) is 59.2 Å². The Labute approximate surface area is 202 Å². The maximum absolute atomic E-state index is 12.2. The molecule has 3 aliphatic carbocycles. The molecule has 1 heterocycles. The molecular weight excluding hydrogens is 428 g/mol. The highest BCUT2D eigenvalue weighted by molar-refractivity contribution is 5.93. The van der Waals surface area contributed by atoms with Gasteiger partial charge in [-0.25, -0.2) is 0 Å². The topological polar surface area (TPSA) is 76.0 Å². The van der Waals surface area contributed by atoms with Crippen LogP contribution >= 0.6 is 0 Å². The minimum absolute atomic E-state index is 0.0157. The largest absolute Gasteiger partial charge is 0.497 e. The number of hydrogen-bond donors (Lipinski definition) is 2. The van der Waals surface area contributed by atoms with Gasteiger partial charge in [0.1, 0.15) is 11.9 Å². The van der Waals surface area contributed by atoms with Gasteiger partial charge in [-0.3, -0.25) is 4.79 Å². The van der Waals surface area contributed by atoms with Crippen molar-refractivity contribution in [2.45, 2.75) is 63.6 Å². The van der Waals surface area contributed by atoms with Crippen molar-refractivity contribution in [3.05, 3.63) is 64.8 Å². The Hall–Kier alpha value is -2.21. The number of allylic oxidation sites excluding steroid dienone is 3. The van der Waals surface area contributed by atoms with Gasteiger partial charge in [0.2, 0.25) is 0 Å². The van der Waals surface area contributed by atoms with Gasteiger partial charge in [0.15, 0.2) is 5.78 Å². The van der Waals surface area contributed by atoms with Gasteiger partial charge in [-0.1, -0.05) is 25.6 Å². The smallest absolute Gasteiger partial charge is 0.156 e. The van der Waals surface area contributed by atoms with Crippen LogP contribution in [0.2, 0.25) is 0 Å². The molecule has 0 aromatic heterocycles. The quantitative estimate of drug-likeness (QED) is 0.610. The fraction of sp³-hybridized carbons (Fsp3) is 0.552. The van der Waals surface area contributed by atoms with E-state index in [0.717, 1.165) is 37.0 Å². The Morgan fingerprint density at radius 1 is 1.21 bits per heavy atom. The molecule has 34 heavy (non-hydrogen) atoms. The van der Waals surface area contributed by atoms with Gasteiger partial charge >= 0.3 is 0 Å². The van der Waals surface area contributed by atoms with E-state index in [1.54, 1.807) is 7.11 Å². The standard InChI is InChI=1S/C29H36O5/c1-18(13-15-30)29(32)14-12-25-24-10-6-20-16-21(31)7-11-23(20)26(24)27(34-17-28(25,29)2)19-4-8-22(33-3)9-5-19/h4-5,8-9,16,24-25,27,30,32H,1,6-7,10-15,17H2,2-3H3/t24?,25?,27-,28+,29-/m1/s1. The van der Waals surface area contributed by atoms with Crippen LogP contribution in [0.5, 0.6) is 5.75 Å². The summed E-state index contributed by atoms with van der Waals surface area (Å²) in [5.41, 5.74) is 4.00. The molecule has 2 fully saturated rings. The maximum Gasteiger partial charge on any atom is 0.156 e. The molecule has 0 spiro atoms. The van der Waals surface area contributed by atoms with E-state index >= 15 is 0 Å². The summed E-state index contributed by atoms with van der Waals surface area (Å²) < 4.78 is 12.2. The van der Waals surface area contributed by atoms with Crippen LogP contribution in [0, 0.1) is 17.3 Å². The summed E-state index contributed by atoms with van der Waals surface area (Å²) in [5, 5.41) is 21.5. The van der Waals surface area contributed by atoms with E-state index in [9.17, 15) is 15.0 Å². The van der Waals surface area contributed by atoms with Crippen molar-refractivity contribution in [2.24, 2.45) is 17.3 Å². The molecule has 0 radical (unpaired) electrons. The fourth-order valence-corrected chi connectivity index (χ4v) is 7.25. The predicted octanol–water partition coefficient (Wildman–Crippen LogP) is 4.85. The summed E-state index contributed by atoms with van der Waals surface area (Å²) in [7, 11) is 1.66. The molecule has 5 atom stereocenters. The van der Waals surface area contributed by atoms with Crippen LogP contribution in [0.25, 0.3) is 0 Å². The Morgan fingerprint density at radius 3 is 2.68 bits per heavy atom. The first kappa shape index (κ1) is 23.5. The van der Waals surface area contributed by atoms with Gasteiger partial charge < -0.3 is 19.7 Å². The Morgan fingerprint density at radius 2 is 1.97 bits per heavy atom. The molecule has 5 nitrogen and oxygen atoms in total. The number of aliphatic hydroxyl groups is 2. The Balaban J connectivity index is 1.64. The van der Waals surface area contributed by atoms with Crippen molar-refractivity contribution in [3.8, 4) is 5.75 Å². The van der Waals surface area contributed by atoms with Gasteiger partial charge in [0.25, 0.3) is 0 Å². The number of ether oxygens (including phenoxy) is 2. The van der Waals surface area contributed by atoms with Gasteiger partial charge in [0.05, 0.1) is 19.3 Å². The number of rotatable bonds is 5. The highest BCUT2D eigenvalue weighted by Gasteiger charge is 2.62. The van der Waals surface area contributed by atoms with Crippen LogP contribution in [0.3, 0.4) is 0 Å². The van der Waals surface area contributed by atoms with Crippen LogP contribution in [0.1, 0.15) is 63.5 Å². The average molecular weight is 465 g/mol. The average Bonchev–Trinajstić information content (AvgIpc) is 3.02. The van der Waals surface area contributed by atoms with Crippen molar-refractivity contribution in [2.75, 3.05) is 20.3 Å². The minimum Gasteiger partial charge on any atom is -0.497 e. The Bertz CT molecular complexity index is 1050. The van der Waals surface area contributed by atoms with Crippen LogP contribution < -0.4 is 4.74 Å². The summed E-state index contributed by atoms with van der Waals surface area (Å²) in [4.78, 5) is 12.2.